The molecule has 0 fully saturated rings. The van der Waals surface area contributed by atoms with Crippen molar-refractivity contribution in [1.82, 2.24) is 9.03 Å². The van der Waals surface area contributed by atoms with E-state index in [9.17, 15) is 13.2 Å². The molecule has 1 atom stereocenters. The van der Waals surface area contributed by atoms with E-state index in [0.717, 1.165) is 9.18 Å². The van der Waals surface area contributed by atoms with Gasteiger partial charge in [-0.05, 0) is 17.9 Å². The Morgan fingerprint density at radius 2 is 2.25 bits per heavy atom. The highest BCUT2D eigenvalue weighted by atomic mass is 32.2. The van der Waals surface area contributed by atoms with Crippen molar-refractivity contribution in [2.24, 2.45) is 0 Å². The van der Waals surface area contributed by atoms with Crippen LogP contribution in [0, 0.1) is 0 Å². The molecule has 20 heavy (non-hydrogen) atoms. The van der Waals surface area contributed by atoms with Gasteiger partial charge in [0.25, 0.3) is 10.2 Å². The molecule has 0 aliphatic carbocycles. The van der Waals surface area contributed by atoms with E-state index in [1.807, 2.05) is 24.4 Å². The highest BCUT2D eigenvalue weighted by molar-refractivity contribution is 7.87. The van der Waals surface area contributed by atoms with Crippen molar-refractivity contribution >= 4 is 27.5 Å². The summed E-state index contributed by atoms with van der Waals surface area (Å²) >= 11 is 1.51. The predicted octanol–water partition coefficient (Wildman–Crippen LogP) is 1.53. The zero-order chi connectivity index (χ0) is 15.2. The Bertz CT molecular complexity index is 514. The summed E-state index contributed by atoms with van der Waals surface area (Å²) in [6, 6.07) is 3.54. The maximum Gasteiger partial charge on any atom is 0.306 e. The molecule has 1 aromatic heterocycles. The van der Waals surface area contributed by atoms with E-state index < -0.39 is 16.2 Å². The van der Waals surface area contributed by atoms with Crippen LogP contribution in [0.25, 0.3) is 0 Å². The van der Waals surface area contributed by atoms with Gasteiger partial charge in [0.05, 0.1) is 19.6 Å². The van der Waals surface area contributed by atoms with Crippen LogP contribution in [0.15, 0.2) is 17.5 Å². The normalized spacial score (nSPS) is 13.4. The topological polar surface area (TPSA) is 75.7 Å². The second kappa shape index (κ2) is 7.72. The first-order valence-electron chi connectivity index (χ1n) is 6.24. The summed E-state index contributed by atoms with van der Waals surface area (Å²) in [4.78, 5) is 12.0. The van der Waals surface area contributed by atoms with Gasteiger partial charge in [-0.3, -0.25) is 4.79 Å². The maximum atomic E-state index is 12.2. The number of rotatable bonds is 8. The van der Waals surface area contributed by atoms with Gasteiger partial charge in [-0.25, -0.2) is 0 Å². The number of esters is 1. The minimum atomic E-state index is -3.62. The van der Waals surface area contributed by atoms with Gasteiger partial charge in [0.1, 0.15) is 0 Å². The summed E-state index contributed by atoms with van der Waals surface area (Å²) in [5, 5.41) is 1.91. The van der Waals surface area contributed by atoms with Gasteiger partial charge < -0.3 is 4.74 Å². The van der Waals surface area contributed by atoms with E-state index >= 15 is 0 Å². The van der Waals surface area contributed by atoms with Crippen LogP contribution < -0.4 is 4.72 Å². The molecule has 6 nitrogen and oxygen atoms in total. The highest BCUT2D eigenvalue weighted by Crippen LogP contribution is 2.22. The number of carbonyl (C=O) groups excluding carboxylic acids is 1. The Hall–Kier alpha value is -0.960. The average molecular weight is 320 g/mol. The summed E-state index contributed by atoms with van der Waals surface area (Å²) in [6.45, 7) is 2.00. The summed E-state index contributed by atoms with van der Waals surface area (Å²) in [6.07, 6.45) is 0.689. The molecule has 0 aromatic carbocycles. The first kappa shape index (κ1) is 17.1. The summed E-state index contributed by atoms with van der Waals surface area (Å²) in [7, 11) is -0.906. The lowest BCUT2D eigenvalue weighted by Gasteiger charge is -2.21. The Kier molecular flexibility index (Phi) is 6.60. The number of nitrogens with one attached hydrogen (secondary N) is 1. The summed E-state index contributed by atoms with van der Waals surface area (Å²) < 4.78 is 32.6. The molecule has 0 aliphatic rings. The second-order valence-corrected chi connectivity index (χ2v) is 7.04. The van der Waals surface area contributed by atoms with Crippen LogP contribution in [0.2, 0.25) is 0 Å². The van der Waals surface area contributed by atoms with Crippen molar-refractivity contribution in [2.75, 3.05) is 20.7 Å². The van der Waals surface area contributed by atoms with Gasteiger partial charge >= 0.3 is 5.97 Å². The predicted molar refractivity (Wildman–Crippen MR) is 78.7 cm³/mol. The number of hydrogen-bond acceptors (Lipinski definition) is 5. The molecule has 1 unspecified atom stereocenters. The third kappa shape index (κ3) is 4.86. The largest absolute Gasteiger partial charge is 0.469 e. The molecule has 1 rings (SSSR count). The molecular formula is C12H20N2O4S2. The number of ether oxygens (including phenoxy) is 1. The lowest BCUT2D eigenvalue weighted by Crippen LogP contribution is -2.40. The van der Waals surface area contributed by atoms with E-state index in [-0.39, 0.29) is 19.0 Å². The van der Waals surface area contributed by atoms with Gasteiger partial charge in [0.2, 0.25) is 0 Å². The highest BCUT2D eigenvalue weighted by Gasteiger charge is 2.23. The summed E-state index contributed by atoms with van der Waals surface area (Å²) in [5.74, 6) is -0.433. The van der Waals surface area contributed by atoms with Crippen LogP contribution >= 0.6 is 11.3 Å². The molecule has 0 bridgehead atoms. The average Bonchev–Trinajstić information content (AvgIpc) is 2.95. The fourth-order valence-electron chi connectivity index (χ4n) is 1.57. The van der Waals surface area contributed by atoms with Crippen LogP contribution in [0.4, 0.5) is 0 Å². The van der Waals surface area contributed by atoms with Gasteiger partial charge in [0.15, 0.2) is 0 Å². The fraction of sp³-hybridized carbons (Fsp3) is 0.583. The molecule has 0 spiro atoms. The third-order valence-electron chi connectivity index (χ3n) is 2.85. The fourth-order valence-corrected chi connectivity index (χ4v) is 3.67. The van der Waals surface area contributed by atoms with Crippen molar-refractivity contribution < 1.29 is 17.9 Å². The van der Waals surface area contributed by atoms with Crippen molar-refractivity contribution in [2.45, 2.75) is 25.8 Å². The Balaban J connectivity index is 2.65. The molecule has 1 N–H and O–H groups in total. The van der Waals surface area contributed by atoms with Gasteiger partial charge in [-0.15, -0.1) is 11.3 Å². The Morgan fingerprint density at radius 1 is 1.55 bits per heavy atom. The number of hydrogen-bond donors (Lipinski definition) is 1. The van der Waals surface area contributed by atoms with E-state index in [0.29, 0.717) is 6.42 Å². The number of thiophene rings is 1. The van der Waals surface area contributed by atoms with Crippen LogP contribution in [0.1, 0.15) is 30.7 Å². The van der Waals surface area contributed by atoms with E-state index in [2.05, 4.69) is 9.46 Å². The van der Waals surface area contributed by atoms with Crippen LogP contribution in [0.5, 0.6) is 0 Å². The minimum Gasteiger partial charge on any atom is -0.469 e. The Morgan fingerprint density at radius 3 is 2.75 bits per heavy atom. The molecule has 114 valence electrons. The van der Waals surface area contributed by atoms with Gasteiger partial charge in [-0.1, -0.05) is 13.0 Å². The van der Waals surface area contributed by atoms with Crippen LogP contribution in [-0.2, 0) is 19.7 Å². The van der Waals surface area contributed by atoms with Crippen LogP contribution in [-0.4, -0.2) is 39.4 Å². The standard InChI is InChI=1S/C12H20N2O4S2/c1-4-10(11-6-5-9-19-11)13-20(16,17)14(2)8-7-12(15)18-3/h5-6,9-10,13H,4,7-8H2,1-3H3. The first-order chi connectivity index (χ1) is 9.40. The zero-order valence-corrected chi connectivity index (χ0v) is 13.5. The lowest BCUT2D eigenvalue weighted by molar-refractivity contribution is -0.140. The zero-order valence-electron chi connectivity index (χ0n) is 11.8. The molecule has 1 aromatic rings. The number of methoxy groups -OCH3 is 1. The lowest BCUT2D eigenvalue weighted by atomic mass is 10.2. The minimum absolute atomic E-state index is 0.0315. The molecule has 0 saturated heterocycles. The van der Waals surface area contributed by atoms with E-state index in [1.54, 1.807) is 0 Å². The summed E-state index contributed by atoms with van der Waals surface area (Å²) in [5.41, 5.74) is 0. The smallest absolute Gasteiger partial charge is 0.306 e. The van der Waals surface area contributed by atoms with Gasteiger partial charge in [-0.2, -0.15) is 17.4 Å². The van der Waals surface area contributed by atoms with Crippen molar-refractivity contribution in [1.29, 1.82) is 0 Å². The first-order valence-corrected chi connectivity index (χ1v) is 8.56. The SMILES string of the molecule is CCC(NS(=O)(=O)N(C)CCC(=O)OC)c1cccs1. The van der Waals surface area contributed by atoms with E-state index in [4.69, 9.17) is 0 Å². The van der Waals surface area contributed by atoms with E-state index in [1.165, 1.54) is 25.5 Å². The maximum absolute atomic E-state index is 12.2. The molecule has 8 heteroatoms. The third-order valence-corrected chi connectivity index (χ3v) is 5.43. The molecular weight excluding hydrogens is 300 g/mol. The Labute approximate surface area is 123 Å². The molecule has 1 heterocycles. The molecule has 0 radical (unpaired) electrons. The van der Waals surface area contributed by atoms with Gasteiger partial charge in [0, 0.05) is 18.5 Å². The molecule has 0 saturated carbocycles. The number of carbonyl (C=O) groups is 1. The number of nitrogens with zero attached hydrogens (tertiary/aromatic N) is 1. The second-order valence-electron chi connectivity index (χ2n) is 4.25. The van der Waals surface area contributed by atoms with Crippen molar-refractivity contribution in [3.05, 3.63) is 22.4 Å². The van der Waals surface area contributed by atoms with Crippen LogP contribution in [0.3, 0.4) is 0 Å². The van der Waals surface area contributed by atoms with Crippen molar-refractivity contribution in [3.8, 4) is 0 Å². The monoisotopic (exact) mass is 320 g/mol. The quantitative estimate of drug-likeness (QED) is 0.737. The van der Waals surface area contributed by atoms with Crippen molar-refractivity contribution in [3.63, 3.8) is 0 Å². The molecule has 0 amide bonds. The molecule has 0 aliphatic heterocycles.